The average molecular weight is 331 g/mol. The van der Waals surface area contributed by atoms with Gasteiger partial charge in [-0.3, -0.25) is 0 Å². The van der Waals surface area contributed by atoms with Gasteiger partial charge in [0.05, 0.1) is 5.56 Å². The molecular weight excluding hydrogens is 321 g/mol. The first-order chi connectivity index (χ1) is 8.89. The van der Waals surface area contributed by atoms with Gasteiger partial charge >= 0.3 is 6.18 Å². The first-order valence-electron chi connectivity index (χ1n) is 5.49. The van der Waals surface area contributed by atoms with E-state index in [2.05, 4.69) is 15.9 Å². The van der Waals surface area contributed by atoms with Crippen molar-refractivity contribution >= 4 is 15.9 Å². The standard InChI is InChI=1S/C14H10BrF3O/c15-12-8-10(14(16,17)18)6-7-11(12)13(19)9-4-2-1-3-5-9/h1-8,13,19H. The van der Waals surface area contributed by atoms with E-state index in [1.54, 1.807) is 30.3 Å². The fourth-order valence-corrected chi connectivity index (χ4v) is 2.34. The van der Waals surface area contributed by atoms with Crippen LogP contribution in [0.1, 0.15) is 22.8 Å². The van der Waals surface area contributed by atoms with Crippen LogP contribution in [-0.4, -0.2) is 5.11 Å². The van der Waals surface area contributed by atoms with E-state index in [0.717, 1.165) is 12.1 Å². The van der Waals surface area contributed by atoms with E-state index in [1.165, 1.54) is 6.07 Å². The lowest BCUT2D eigenvalue weighted by Gasteiger charge is -2.15. The maximum Gasteiger partial charge on any atom is 0.416 e. The highest BCUT2D eigenvalue weighted by Crippen LogP contribution is 2.35. The predicted octanol–water partition coefficient (Wildman–Crippen LogP) is 4.55. The third-order valence-electron chi connectivity index (χ3n) is 2.74. The van der Waals surface area contributed by atoms with Gasteiger partial charge in [0.2, 0.25) is 0 Å². The van der Waals surface area contributed by atoms with Crippen LogP contribution in [0.4, 0.5) is 13.2 Å². The normalized spacial score (nSPS) is 13.3. The van der Waals surface area contributed by atoms with Gasteiger partial charge in [-0.05, 0) is 23.3 Å². The Bertz CT molecular complexity index is 567. The maximum atomic E-state index is 12.5. The molecule has 1 N–H and O–H groups in total. The molecule has 2 aromatic rings. The molecule has 100 valence electrons. The smallest absolute Gasteiger partial charge is 0.384 e. The molecular formula is C14H10BrF3O. The molecule has 0 saturated heterocycles. The van der Waals surface area contributed by atoms with Gasteiger partial charge in [-0.25, -0.2) is 0 Å². The number of rotatable bonds is 2. The molecule has 5 heteroatoms. The molecule has 19 heavy (non-hydrogen) atoms. The van der Waals surface area contributed by atoms with Crippen LogP contribution in [0, 0.1) is 0 Å². The number of hydrogen-bond donors (Lipinski definition) is 1. The minimum Gasteiger partial charge on any atom is -0.384 e. The molecule has 1 unspecified atom stereocenters. The van der Waals surface area contributed by atoms with Gasteiger partial charge in [0, 0.05) is 4.47 Å². The second kappa shape index (κ2) is 5.35. The summed E-state index contributed by atoms with van der Waals surface area (Å²) in [7, 11) is 0. The molecule has 0 aliphatic rings. The minimum atomic E-state index is -4.39. The van der Waals surface area contributed by atoms with Gasteiger partial charge in [0.1, 0.15) is 6.10 Å². The van der Waals surface area contributed by atoms with Crippen molar-refractivity contribution in [3.63, 3.8) is 0 Å². The van der Waals surface area contributed by atoms with E-state index in [9.17, 15) is 18.3 Å². The Balaban J connectivity index is 2.37. The Labute approximate surface area is 116 Å². The first-order valence-corrected chi connectivity index (χ1v) is 6.28. The summed E-state index contributed by atoms with van der Waals surface area (Å²) in [5.74, 6) is 0. The van der Waals surface area contributed by atoms with Crippen molar-refractivity contribution in [3.8, 4) is 0 Å². The summed E-state index contributed by atoms with van der Waals surface area (Å²) in [6.45, 7) is 0. The lowest BCUT2D eigenvalue weighted by Crippen LogP contribution is -2.07. The van der Waals surface area contributed by atoms with Crippen LogP contribution in [0.15, 0.2) is 53.0 Å². The fraction of sp³-hybridized carbons (Fsp3) is 0.143. The van der Waals surface area contributed by atoms with E-state index in [4.69, 9.17) is 0 Å². The van der Waals surface area contributed by atoms with Crippen molar-refractivity contribution in [1.29, 1.82) is 0 Å². The largest absolute Gasteiger partial charge is 0.416 e. The van der Waals surface area contributed by atoms with Gasteiger partial charge in [0.15, 0.2) is 0 Å². The zero-order valence-corrected chi connectivity index (χ0v) is 11.2. The molecule has 0 saturated carbocycles. The average Bonchev–Trinajstić information content (AvgIpc) is 2.38. The molecule has 2 aromatic carbocycles. The van der Waals surface area contributed by atoms with E-state index in [0.29, 0.717) is 11.1 Å². The van der Waals surface area contributed by atoms with Crippen LogP contribution in [-0.2, 0) is 6.18 Å². The Morgan fingerprint density at radius 2 is 1.63 bits per heavy atom. The number of hydrogen-bond acceptors (Lipinski definition) is 1. The quantitative estimate of drug-likeness (QED) is 0.856. The Morgan fingerprint density at radius 1 is 1.00 bits per heavy atom. The third kappa shape index (κ3) is 3.16. The summed E-state index contributed by atoms with van der Waals surface area (Å²) in [6, 6.07) is 12.0. The zero-order chi connectivity index (χ0) is 14.0. The van der Waals surface area contributed by atoms with E-state index in [-0.39, 0.29) is 4.47 Å². The highest BCUT2D eigenvalue weighted by atomic mass is 79.9. The first kappa shape index (κ1) is 14.1. The van der Waals surface area contributed by atoms with Crippen molar-refractivity contribution in [2.24, 2.45) is 0 Å². The lowest BCUT2D eigenvalue weighted by molar-refractivity contribution is -0.137. The van der Waals surface area contributed by atoms with Gasteiger partial charge in [-0.2, -0.15) is 13.2 Å². The number of aliphatic hydroxyl groups is 1. The summed E-state index contributed by atoms with van der Waals surface area (Å²) < 4.78 is 37.9. The third-order valence-corrected chi connectivity index (χ3v) is 3.42. The molecule has 1 nitrogen and oxygen atoms in total. The summed E-state index contributed by atoms with van der Waals surface area (Å²) in [5.41, 5.74) is 0.283. The van der Waals surface area contributed by atoms with Gasteiger partial charge in [-0.1, -0.05) is 52.3 Å². The van der Waals surface area contributed by atoms with Crippen molar-refractivity contribution in [2.45, 2.75) is 12.3 Å². The van der Waals surface area contributed by atoms with Crippen molar-refractivity contribution in [2.75, 3.05) is 0 Å². The van der Waals surface area contributed by atoms with Gasteiger partial charge < -0.3 is 5.11 Å². The number of halogens is 4. The monoisotopic (exact) mass is 330 g/mol. The highest BCUT2D eigenvalue weighted by molar-refractivity contribution is 9.10. The molecule has 0 fully saturated rings. The minimum absolute atomic E-state index is 0.235. The Morgan fingerprint density at radius 3 is 2.16 bits per heavy atom. The van der Waals surface area contributed by atoms with Crippen molar-refractivity contribution in [1.82, 2.24) is 0 Å². The molecule has 0 bridgehead atoms. The van der Waals surface area contributed by atoms with Crippen molar-refractivity contribution in [3.05, 3.63) is 69.7 Å². The Kier molecular flexibility index (Phi) is 3.96. The molecule has 0 aliphatic carbocycles. The molecule has 0 radical (unpaired) electrons. The van der Waals surface area contributed by atoms with Crippen molar-refractivity contribution < 1.29 is 18.3 Å². The Hall–Kier alpha value is -1.33. The van der Waals surface area contributed by atoms with Crippen LogP contribution in [0.25, 0.3) is 0 Å². The number of benzene rings is 2. The fourth-order valence-electron chi connectivity index (χ4n) is 1.74. The molecule has 1 atom stereocenters. The molecule has 0 spiro atoms. The zero-order valence-electron chi connectivity index (χ0n) is 9.66. The number of aliphatic hydroxyl groups excluding tert-OH is 1. The molecule has 0 aliphatic heterocycles. The molecule has 0 aromatic heterocycles. The van der Waals surface area contributed by atoms with Crippen LogP contribution >= 0.6 is 15.9 Å². The van der Waals surface area contributed by atoms with Crippen LogP contribution < -0.4 is 0 Å². The summed E-state index contributed by atoms with van der Waals surface area (Å²) >= 11 is 3.08. The van der Waals surface area contributed by atoms with Crippen LogP contribution in [0.3, 0.4) is 0 Å². The molecule has 2 rings (SSSR count). The van der Waals surface area contributed by atoms with E-state index in [1.807, 2.05) is 0 Å². The second-order valence-corrected chi connectivity index (χ2v) is 4.90. The van der Waals surface area contributed by atoms with Crippen LogP contribution in [0.5, 0.6) is 0 Å². The van der Waals surface area contributed by atoms with E-state index >= 15 is 0 Å². The number of alkyl halides is 3. The predicted molar refractivity (Wildman–Crippen MR) is 69.6 cm³/mol. The highest BCUT2D eigenvalue weighted by Gasteiger charge is 2.31. The van der Waals surface area contributed by atoms with E-state index < -0.39 is 17.8 Å². The molecule has 0 amide bonds. The summed E-state index contributed by atoms with van der Waals surface area (Å²) in [4.78, 5) is 0. The topological polar surface area (TPSA) is 20.2 Å². The van der Waals surface area contributed by atoms with Gasteiger partial charge in [-0.15, -0.1) is 0 Å². The lowest BCUT2D eigenvalue weighted by atomic mass is 10.0. The molecule has 0 heterocycles. The SMILES string of the molecule is OC(c1ccccc1)c1ccc(C(F)(F)F)cc1Br. The van der Waals surface area contributed by atoms with Crippen LogP contribution in [0.2, 0.25) is 0 Å². The summed E-state index contributed by atoms with van der Waals surface area (Å²) in [6.07, 6.45) is -5.35. The summed E-state index contributed by atoms with van der Waals surface area (Å²) in [5, 5.41) is 10.2. The van der Waals surface area contributed by atoms with Gasteiger partial charge in [0.25, 0.3) is 0 Å². The second-order valence-electron chi connectivity index (χ2n) is 4.05. The maximum absolute atomic E-state index is 12.5.